The van der Waals surface area contributed by atoms with Crippen LogP contribution in [0, 0.1) is 0 Å². The Hall–Kier alpha value is -1.99. The molecule has 4 aromatic rings. The normalized spacial score (nSPS) is 13.4. The lowest BCUT2D eigenvalue weighted by atomic mass is 10.1. The van der Waals surface area contributed by atoms with Gasteiger partial charge in [-0.2, -0.15) is 16.7 Å². The molecule has 0 bridgehead atoms. The monoisotopic (exact) mass is 460 g/mol. The van der Waals surface area contributed by atoms with E-state index in [0.29, 0.717) is 26.9 Å². The number of fused-ring (bicyclic) bond motifs is 3. The van der Waals surface area contributed by atoms with Crippen molar-refractivity contribution in [2.45, 2.75) is 12.2 Å². The Morgan fingerprint density at radius 2 is 1.69 bits per heavy atom. The molecule has 0 saturated carbocycles. The van der Waals surface area contributed by atoms with Gasteiger partial charge in [-0.3, -0.25) is 4.79 Å². The van der Waals surface area contributed by atoms with Crippen LogP contribution >= 0.6 is 46.3 Å². The van der Waals surface area contributed by atoms with Crippen molar-refractivity contribution in [1.82, 2.24) is 9.55 Å². The molecule has 0 N–H and O–H groups in total. The zero-order valence-corrected chi connectivity index (χ0v) is 18.2. The number of nitrogens with zero attached hydrogens (tertiary/aromatic N) is 2. The lowest BCUT2D eigenvalue weighted by molar-refractivity contribution is 0.428. The van der Waals surface area contributed by atoms with E-state index in [9.17, 15) is 4.79 Å². The van der Waals surface area contributed by atoms with E-state index >= 15 is 0 Å². The molecule has 0 aliphatic carbocycles. The van der Waals surface area contributed by atoms with Gasteiger partial charge in [-0.25, -0.2) is 4.57 Å². The highest BCUT2D eigenvalue weighted by Crippen LogP contribution is 2.37. The average Bonchev–Trinajstić information content (AvgIpc) is 3.09. The van der Waals surface area contributed by atoms with Gasteiger partial charge in [0.25, 0.3) is 5.56 Å². The summed E-state index contributed by atoms with van der Waals surface area (Å²) in [5.41, 5.74) is 1.66. The summed E-state index contributed by atoms with van der Waals surface area (Å²) in [6.07, 6.45) is 0.884. The quantitative estimate of drug-likeness (QED) is 0.357. The molecule has 0 unspecified atom stereocenters. The molecule has 0 spiro atoms. The predicted octanol–water partition coefficient (Wildman–Crippen LogP) is 6.34. The Bertz CT molecular complexity index is 1270. The van der Waals surface area contributed by atoms with Gasteiger partial charge in [0, 0.05) is 20.7 Å². The molecule has 2 aromatic carbocycles. The first-order valence-electron chi connectivity index (χ1n) is 8.94. The molecule has 1 aliphatic heterocycles. The number of thiophene rings is 1. The van der Waals surface area contributed by atoms with Crippen LogP contribution in [-0.4, -0.2) is 15.3 Å². The Balaban J connectivity index is 1.75. The molecule has 0 fully saturated rings. The van der Waals surface area contributed by atoms with Crippen LogP contribution < -0.4 is 10.3 Å². The molecule has 0 radical (unpaired) electrons. The second kappa shape index (κ2) is 7.69. The zero-order chi connectivity index (χ0) is 20.0. The van der Waals surface area contributed by atoms with E-state index in [4.69, 9.17) is 32.9 Å². The van der Waals surface area contributed by atoms with Crippen molar-refractivity contribution in [2.24, 2.45) is 0 Å². The zero-order valence-electron chi connectivity index (χ0n) is 15.0. The Morgan fingerprint density at radius 3 is 2.41 bits per heavy atom. The molecule has 4 nitrogen and oxygen atoms in total. The Morgan fingerprint density at radius 1 is 1.00 bits per heavy atom. The second-order valence-electron chi connectivity index (χ2n) is 6.55. The van der Waals surface area contributed by atoms with Crippen LogP contribution in [0.5, 0.6) is 11.8 Å². The number of aryl methyl sites for hydroxylation is 1. The Labute approximate surface area is 185 Å². The van der Waals surface area contributed by atoms with Gasteiger partial charge < -0.3 is 4.74 Å². The maximum atomic E-state index is 13.6. The highest BCUT2D eigenvalue weighted by Gasteiger charge is 2.23. The fourth-order valence-corrected chi connectivity index (χ4v) is 5.93. The summed E-state index contributed by atoms with van der Waals surface area (Å²) >= 11 is 15.5. The number of halogens is 2. The average molecular weight is 461 g/mol. The van der Waals surface area contributed by atoms with Crippen LogP contribution in [0.15, 0.2) is 53.3 Å². The molecule has 0 atom stereocenters. The van der Waals surface area contributed by atoms with Crippen molar-refractivity contribution in [3.8, 4) is 17.4 Å². The van der Waals surface area contributed by atoms with E-state index in [1.807, 2.05) is 11.8 Å². The third kappa shape index (κ3) is 3.55. The van der Waals surface area contributed by atoms with Crippen molar-refractivity contribution in [3.63, 3.8) is 0 Å². The van der Waals surface area contributed by atoms with Gasteiger partial charge in [-0.05, 0) is 66.3 Å². The van der Waals surface area contributed by atoms with Gasteiger partial charge in [0.15, 0.2) is 0 Å². The van der Waals surface area contributed by atoms with E-state index in [1.54, 1.807) is 59.9 Å². The lowest BCUT2D eigenvalue weighted by Gasteiger charge is -2.14. The summed E-state index contributed by atoms with van der Waals surface area (Å²) in [5, 5.41) is 1.91. The topological polar surface area (TPSA) is 44.1 Å². The van der Waals surface area contributed by atoms with Crippen LogP contribution in [0.25, 0.3) is 15.9 Å². The molecule has 0 amide bonds. The van der Waals surface area contributed by atoms with E-state index in [2.05, 4.69) is 0 Å². The van der Waals surface area contributed by atoms with Crippen molar-refractivity contribution in [3.05, 3.63) is 79.4 Å². The number of ether oxygens (including phenoxy) is 1. The summed E-state index contributed by atoms with van der Waals surface area (Å²) in [5.74, 6) is 2.49. The molecule has 3 heterocycles. The van der Waals surface area contributed by atoms with Crippen molar-refractivity contribution in [1.29, 1.82) is 0 Å². The summed E-state index contributed by atoms with van der Waals surface area (Å²) in [6.45, 7) is 0. The van der Waals surface area contributed by atoms with E-state index in [1.165, 1.54) is 9.44 Å². The molecular weight excluding hydrogens is 447 g/mol. The predicted molar refractivity (Wildman–Crippen MR) is 122 cm³/mol. The first-order chi connectivity index (χ1) is 14.1. The minimum atomic E-state index is -0.120. The molecule has 1 aliphatic rings. The summed E-state index contributed by atoms with van der Waals surface area (Å²) in [4.78, 5) is 20.3. The fraction of sp³-hybridized carbons (Fsp3) is 0.143. The number of aromatic nitrogens is 2. The second-order valence-corrected chi connectivity index (χ2v) is 9.62. The first-order valence-corrected chi connectivity index (χ1v) is 11.7. The summed E-state index contributed by atoms with van der Waals surface area (Å²) in [6, 6.07) is 14.3. The summed E-state index contributed by atoms with van der Waals surface area (Å²) < 4.78 is 7.55. The number of thioether (sulfide) groups is 1. The number of benzene rings is 2. The van der Waals surface area contributed by atoms with Crippen LogP contribution in [0.3, 0.4) is 0 Å². The fourth-order valence-electron chi connectivity index (χ4n) is 3.35. The smallest absolute Gasteiger partial charge is 0.310 e. The van der Waals surface area contributed by atoms with Gasteiger partial charge in [-0.1, -0.05) is 23.2 Å². The van der Waals surface area contributed by atoms with Crippen molar-refractivity contribution in [2.75, 3.05) is 5.75 Å². The standard InChI is InChI=1S/C21H14Cl2N2O2S2/c22-12-1-5-14(6-2-12)25-20(26)18-16-9-10-28-11-17(16)29-19(18)24-21(25)27-15-7-3-13(23)4-8-15/h1-8H,9-11H2. The van der Waals surface area contributed by atoms with Crippen LogP contribution in [0.2, 0.25) is 10.0 Å². The maximum Gasteiger partial charge on any atom is 0.310 e. The first kappa shape index (κ1) is 19.0. The van der Waals surface area contributed by atoms with Gasteiger partial charge in [0.2, 0.25) is 0 Å². The van der Waals surface area contributed by atoms with Crippen molar-refractivity contribution < 1.29 is 4.74 Å². The molecule has 0 saturated heterocycles. The third-order valence-electron chi connectivity index (χ3n) is 4.71. The number of hydrogen-bond donors (Lipinski definition) is 0. The molecule has 146 valence electrons. The Kier molecular flexibility index (Phi) is 5.04. The summed E-state index contributed by atoms with van der Waals surface area (Å²) in [7, 11) is 0. The highest BCUT2D eigenvalue weighted by atomic mass is 35.5. The number of hydrogen-bond acceptors (Lipinski definition) is 5. The van der Waals surface area contributed by atoms with Crippen LogP contribution in [0.1, 0.15) is 10.4 Å². The van der Waals surface area contributed by atoms with Crippen LogP contribution in [-0.2, 0) is 12.2 Å². The van der Waals surface area contributed by atoms with E-state index in [0.717, 1.165) is 28.3 Å². The molecule has 2 aromatic heterocycles. The van der Waals surface area contributed by atoms with Gasteiger partial charge in [0.05, 0.1) is 11.1 Å². The van der Waals surface area contributed by atoms with Gasteiger partial charge in [-0.15, -0.1) is 11.3 Å². The minimum absolute atomic E-state index is 0.120. The van der Waals surface area contributed by atoms with E-state index < -0.39 is 0 Å². The van der Waals surface area contributed by atoms with E-state index in [-0.39, 0.29) is 11.6 Å². The highest BCUT2D eigenvalue weighted by molar-refractivity contribution is 7.98. The SMILES string of the molecule is O=c1c2c3c(sc2nc(Oc2ccc(Cl)cc2)n1-c1ccc(Cl)cc1)CSCC3. The number of rotatable bonds is 3. The maximum absolute atomic E-state index is 13.6. The third-order valence-corrected chi connectivity index (χ3v) is 7.51. The minimum Gasteiger partial charge on any atom is -0.425 e. The van der Waals surface area contributed by atoms with Gasteiger partial charge in [0.1, 0.15) is 10.6 Å². The van der Waals surface area contributed by atoms with Crippen LogP contribution in [0.4, 0.5) is 0 Å². The molecule has 5 rings (SSSR count). The molecule has 8 heteroatoms. The molecule has 29 heavy (non-hydrogen) atoms. The van der Waals surface area contributed by atoms with Crippen molar-refractivity contribution >= 4 is 56.5 Å². The largest absolute Gasteiger partial charge is 0.425 e. The molecular formula is C21H14Cl2N2O2S2. The van der Waals surface area contributed by atoms with Gasteiger partial charge >= 0.3 is 6.01 Å². The lowest BCUT2D eigenvalue weighted by Crippen LogP contribution is -2.22.